The molecule has 0 fully saturated rings. The largest absolute Gasteiger partial charge is 0.497 e. The second kappa shape index (κ2) is 5.74. The Kier molecular flexibility index (Phi) is 3.63. The molecule has 1 N–H and O–H groups in total. The van der Waals surface area contributed by atoms with Crippen LogP contribution < -0.4 is 4.74 Å². The van der Waals surface area contributed by atoms with Crippen molar-refractivity contribution in [3.8, 4) is 11.8 Å². The zero-order valence-corrected chi connectivity index (χ0v) is 12.4. The molecule has 0 aliphatic rings. The standard InChI is InChI=1S/C18H15N3O/c1-12-5-6-20-10-14(12)7-13(9-19)17-11-21-18-4-3-15(22-2)8-16(17)18/h3-8,10-11,21H,1-2H3. The van der Waals surface area contributed by atoms with Crippen molar-refractivity contribution >= 4 is 22.6 Å². The third kappa shape index (κ3) is 2.45. The van der Waals surface area contributed by atoms with Crippen molar-refractivity contribution in [3.63, 3.8) is 0 Å². The van der Waals surface area contributed by atoms with E-state index in [9.17, 15) is 5.26 Å². The van der Waals surface area contributed by atoms with E-state index in [1.165, 1.54) is 0 Å². The molecule has 22 heavy (non-hydrogen) atoms. The molecular formula is C18H15N3O. The summed E-state index contributed by atoms with van der Waals surface area (Å²) in [6.07, 6.45) is 7.23. The van der Waals surface area contributed by atoms with Gasteiger partial charge in [-0.2, -0.15) is 5.26 Å². The number of benzene rings is 1. The topological polar surface area (TPSA) is 61.7 Å². The fourth-order valence-electron chi connectivity index (χ4n) is 2.40. The number of H-pyrrole nitrogens is 1. The molecule has 4 nitrogen and oxygen atoms in total. The fourth-order valence-corrected chi connectivity index (χ4v) is 2.40. The van der Waals surface area contributed by atoms with Crippen molar-refractivity contribution in [3.05, 3.63) is 59.5 Å². The number of allylic oxidation sites excluding steroid dienone is 1. The molecule has 3 rings (SSSR count). The highest BCUT2D eigenvalue weighted by atomic mass is 16.5. The summed E-state index contributed by atoms with van der Waals surface area (Å²) >= 11 is 0. The first-order valence-electron chi connectivity index (χ1n) is 6.91. The number of hydrogen-bond donors (Lipinski definition) is 1. The van der Waals surface area contributed by atoms with Gasteiger partial charge in [0.05, 0.1) is 18.8 Å². The van der Waals surface area contributed by atoms with Gasteiger partial charge in [0.15, 0.2) is 0 Å². The molecule has 2 aromatic heterocycles. The first-order chi connectivity index (χ1) is 10.7. The number of fused-ring (bicyclic) bond motifs is 1. The third-order valence-electron chi connectivity index (χ3n) is 3.68. The quantitative estimate of drug-likeness (QED) is 0.743. The van der Waals surface area contributed by atoms with E-state index in [0.29, 0.717) is 5.57 Å². The maximum atomic E-state index is 9.55. The van der Waals surface area contributed by atoms with Crippen molar-refractivity contribution in [1.29, 1.82) is 5.26 Å². The molecule has 0 unspecified atom stereocenters. The SMILES string of the molecule is COc1ccc2[nH]cc(C(C#N)=Cc3cnccc3C)c2c1. The molecule has 0 bridgehead atoms. The van der Waals surface area contributed by atoms with E-state index in [2.05, 4.69) is 16.0 Å². The molecule has 0 amide bonds. The van der Waals surface area contributed by atoms with E-state index in [4.69, 9.17) is 4.74 Å². The summed E-state index contributed by atoms with van der Waals surface area (Å²) < 4.78 is 5.27. The lowest BCUT2D eigenvalue weighted by atomic mass is 10.0. The molecule has 2 heterocycles. The van der Waals surface area contributed by atoms with Gasteiger partial charge in [0.2, 0.25) is 0 Å². The molecular weight excluding hydrogens is 274 g/mol. The van der Waals surface area contributed by atoms with Crippen LogP contribution in [0, 0.1) is 18.3 Å². The lowest BCUT2D eigenvalue weighted by Gasteiger charge is -2.03. The van der Waals surface area contributed by atoms with Crippen LogP contribution >= 0.6 is 0 Å². The first kappa shape index (κ1) is 13.9. The molecule has 0 spiro atoms. The van der Waals surface area contributed by atoms with Gasteiger partial charge in [-0.3, -0.25) is 4.98 Å². The van der Waals surface area contributed by atoms with E-state index in [1.807, 2.05) is 43.5 Å². The number of aromatic nitrogens is 2. The van der Waals surface area contributed by atoms with Crippen LogP contribution in [0.15, 0.2) is 42.9 Å². The normalized spacial score (nSPS) is 11.4. The van der Waals surface area contributed by atoms with Gasteiger partial charge in [-0.05, 0) is 48.4 Å². The summed E-state index contributed by atoms with van der Waals surface area (Å²) in [5.41, 5.74) is 4.45. The highest BCUT2D eigenvalue weighted by Crippen LogP contribution is 2.29. The minimum atomic E-state index is 0.593. The monoisotopic (exact) mass is 289 g/mol. The van der Waals surface area contributed by atoms with E-state index < -0.39 is 0 Å². The van der Waals surface area contributed by atoms with Crippen molar-refractivity contribution in [2.45, 2.75) is 6.92 Å². The van der Waals surface area contributed by atoms with Crippen LogP contribution in [0.4, 0.5) is 0 Å². The molecule has 0 saturated carbocycles. The van der Waals surface area contributed by atoms with Crippen LogP contribution in [0.1, 0.15) is 16.7 Å². The van der Waals surface area contributed by atoms with Crippen molar-refractivity contribution in [2.75, 3.05) is 7.11 Å². The van der Waals surface area contributed by atoms with Crippen molar-refractivity contribution in [1.82, 2.24) is 9.97 Å². The highest BCUT2D eigenvalue weighted by molar-refractivity contribution is 6.01. The van der Waals surface area contributed by atoms with E-state index in [-0.39, 0.29) is 0 Å². The number of nitrogens with one attached hydrogen (secondary N) is 1. The molecule has 1 aromatic carbocycles. The summed E-state index contributed by atoms with van der Waals surface area (Å²) in [4.78, 5) is 7.31. The summed E-state index contributed by atoms with van der Waals surface area (Å²) in [5, 5.41) is 10.5. The van der Waals surface area contributed by atoms with Crippen LogP contribution in [0.2, 0.25) is 0 Å². The van der Waals surface area contributed by atoms with E-state index in [0.717, 1.165) is 33.3 Å². The summed E-state index contributed by atoms with van der Waals surface area (Å²) in [7, 11) is 1.63. The predicted octanol–water partition coefficient (Wildman–Crippen LogP) is 3.94. The lowest BCUT2D eigenvalue weighted by molar-refractivity contribution is 0.415. The van der Waals surface area contributed by atoms with Crippen molar-refractivity contribution in [2.24, 2.45) is 0 Å². The molecule has 0 aliphatic heterocycles. The predicted molar refractivity (Wildman–Crippen MR) is 87.3 cm³/mol. The third-order valence-corrected chi connectivity index (χ3v) is 3.68. The number of pyridine rings is 1. The molecule has 3 aromatic rings. The Balaban J connectivity index is 2.16. The zero-order valence-electron chi connectivity index (χ0n) is 12.4. The minimum Gasteiger partial charge on any atom is -0.497 e. The molecule has 4 heteroatoms. The second-order valence-electron chi connectivity index (χ2n) is 5.02. The number of nitriles is 1. The van der Waals surface area contributed by atoms with E-state index in [1.54, 1.807) is 19.5 Å². The number of aryl methyl sites for hydroxylation is 1. The van der Waals surface area contributed by atoms with E-state index >= 15 is 0 Å². The Bertz CT molecular complexity index is 900. The van der Waals surface area contributed by atoms with Crippen LogP contribution in [0.25, 0.3) is 22.6 Å². The van der Waals surface area contributed by atoms with Gasteiger partial charge in [-0.25, -0.2) is 0 Å². The molecule has 108 valence electrons. The van der Waals surface area contributed by atoms with Crippen molar-refractivity contribution < 1.29 is 4.74 Å². The average Bonchev–Trinajstić information content (AvgIpc) is 2.97. The maximum absolute atomic E-state index is 9.55. The second-order valence-corrected chi connectivity index (χ2v) is 5.02. The zero-order chi connectivity index (χ0) is 15.5. The number of rotatable bonds is 3. The number of aromatic amines is 1. The number of ether oxygens (including phenoxy) is 1. The Morgan fingerprint density at radius 2 is 2.23 bits per heavy atom. The van der Waals surface area contributed by atoms with Gasteiger partial charge in [-0.15, -0.1) is 0 Å². The summed E-state index contributed by atoms with van der Waals surface area (Å²) in [6.45, 7) is 2.00. The Morgan fingerprint density at radius 3 is 2.95 bits per heavy atom. The maximum Gasteiger partial charge on any atom is 0.119 e. The van der Waals surface area contributed by atoms with Gasteiger partial charge < -0.3 is 9.72 Å². The molecule has 0 saturated heterocycles. The molecule has 0 atom stereocenters. The summed E-state index contributed by atoms with van der Waals surface area (Å²) in [5.74, 6) is 0.767. The highest BCUT2D eigenvalue weighted by Gasteiger charge is 2.10. The minimum absolute atomic E-state index is 0.593. The first-order valence-corrected chi connectivity index (χ1v) is 6.91. The Morgan fingerprint density at radius 1 is 1.36 bits per heavy atom. The number of hydrogen-bond acceptors (Lipinski definition) is 3. The molecule has 0 aliphatic carbocycles. The average molecular weight is 289 g/mol. The Hall–Kier alpha value is -3.06. The van der Waals surface area contributed by atoms with Gasteiger partial charge in [-0.1, -0.05) is 0 Å². The van der Waals surface area contributed by atoms with Gasteiger partial charge in [0.1, 0.15) is 5.75 Å². The molecule has 0 radical (unpaired) electrons. The number of methoxy groups -OCH3 is 1. The lowest BCUT2D eigenvalue weighted by Crippen LogP contribution is -1.86. The summed E-state index contributed by atoms with van der Waals surface area (Å²) in [6, 6.07) is 9.98. The van der Waals surface area contributed by atoms with Crippen LogP contribution in [0.5, 0.6) is 5.75 Å². The van der Waals surface area contributed by atoms with Crippen LogP contribution in [-0.4, -0.2) is 17.1 Å². The van der Waals surface area contributed by atoms with Gasteiger partial charge >= 0.3 is 0 Å². The van der Waals surface area contributed by atoms with Gasteiger partial charge in [0, 0.05) is 35.1 Å². The van der Waals surface area contributed by atoms with Crippen LogP contribution in [0.3, 0.4) is 0 Å². The Labute approximate surface area is 128 Å². The smallest absolute Gasteiger partial charge is 0.119 e. The van der Waals surface area contributed by atoms with Gasteiger partial charge in [0.25, 0.3) is 0 Å². The number of nitrogens with zero attached hydrogens (tertiary/aromatic N) is 2. The van der Waals surface area contributed by atoms with Crippen LogP contribution in [-0.2, 0) is 0 Å². The fraction of sp³-hybridized carbons (Fsp3) is 0.111.